The topological polar surface area (TPSA) is 72.4 Å². The number of allylic oxidation sites excluding steroid dienone is 1. The van der Waals surface area contributed by atoms with E-state index in [-0.39, 0.29) is 21.1 Å². The molecular weight excluding hydrogens is 378 g/mol. The quantitative estimate of drug-likeness (QED) is 0.240. The van der Waals surface area contributed by atoms with Gasteiger partial charge in [0.1, 0.15) is 0 Å². The van der Waals surface area contributed by atoms with Gasteiger partial charge < -0.3 is 5.21 Å². The van der Waals surface area contributed by atoms with E-state index in [2.05, 4.69) is 25.0 Å². The molecule has 4 nitrogen and oxygen atoms in total. The Labute approximate surface area is 112 Å². The third-order valence-corrected chi connectivity index (χ3v) is 1.01. The Morgan fingerprint density at radius 2 is 1.38 bits per heavy atom. The van der Waals surface area contributed by atoms with E-state index in [1.54, 1.807) is 6.92 Å². The van der Waals surface area contributed by atoms with Crippen LogP contribution in [0.25, 0.3) is 0 Å². The number of hydrogen-bond donors (Lipinski definition) is 1. The normalized spacial score (nSPS) is 11.9. The Morgan fingerprint density at radius 1 is 1.12 bits per heavy atom. The van der Waals surface area contributed by atoms with Gasteiger partial charge in [-0.05, 0) is 45.1 Å². The molecule has 1 N–H and O–H groups in total. The summed E-state index contributed by atoms with van der Waals surface area (Å²) in [5, 5.41) is 10.7. The number of rotatable bonds is 1. The van der Waals surface area contributed by atoms with Gasteiger partial charge in [-0.1, -0.05) is 11.7 Å². The maximum Gasteiger partial charge on any atom is 0 e. The average Bonchev–Trinajstić information content (AvgIpc) is 2.92. The second kappa shape index (κ2) is 29.3. The predicted octanol–water partition coefficient (Wildman–Crippen LogP) is 1.97. The first kappa shape index (κ1) is 24.6. The smallest absolute Gasteiger partial charge is 0 e. The summed E-state index contributed by atoms with van der Waals surface area (Å²) in [4.78, 5) is 0. The van der Waals surface area contributed by atoms with Crippen molar-refractivity contribution in [3.8, 4) is 0 Å². The first-order valence-corrected chi connectivity index (χ1v) is 3.70. The van der Waals surface area contributed by atoms with E-state index >= 15 is 0 Å². The van der Waals surface area contributed by atoms with Gasteiger partial charge in [-0.25, -0.2) is 0 Å². The number of nitrogens with zero attached hydrogens (tertiary/aromatic N) is 1. The second-order valence-electron chi connectivity index (χ2n) is 1.91. The molecule has 0 aromatic heterocycles. The Morgan fingerprint density at radius 3 is 1.44 bits per heavy atom. The van der Waals surface area contributed by atoms with Crippen LogP contribution in [0.4, 0.5) is 0 Å². The van der Waals surface area contributed by atoms with E-state index in [9.17, 15) is 0 Å². The van der Waals surface area contributed by atoms with Crippen LogP contribution in [0.3, 0.4) is 0 Å². The minimum atomic E-state index is 0. The summed E-state index contributed by atoms with van der Waals surface area (Å²) < 4.78 is 15.0. The number of hydrogen-bond acceptors (Lipinski definition) is 2. The van der Waals surface area contributed by atoms with Gasteiger partial charge in [0, 0.05) is 21.1 Å². The zero-order valence-electron chi connectivity index (χ0n) is 8.79. The predicted molar refractivity (Wildman–Crippen MR) is 54.5 cm³/mol. The van der Waals surface area contributed by atoms with Crippen molar-refractivity contribution in [2.45, 2.75) is 6.92 Å². The van der Waals surface area contributed by atoms with Crippen molar-refractivity contribution in [3.63, 3.8) is 0 Å². The fourth-order valence-electron chi connectivity index (χ4n) is 0.362. The van der Waals surface area contributed by atoms with Crippen molar-refractivity contribution in [3.05, 3.63) is 58.1 Å². The Bertz CT molecular complexity index is 182. The van der Waals surface area contributed by atoms with Crippen LogP contribution in [0.15, 0.2) is 17.8 Å². The van der Waals surface area contributed by atoms with Crippen LogP contribution in [-0.2, 0) is 30.4 Å². The molecule has 1 saturated carbocycles. The molecule has 0 aromatic carbocycles. The summed E-state index contributed by atoms with van der Waals surface area (Å²) in [5.74, 6) is 0. The molecule has 1 aliphatic rings. The van der Waals surface area contributed by atoms with Crippen LogP contribution in [-0.4, -0.2) is 10.9 Å². The Balaban J connectivity index is -0.0000000658. The van der Waals surface area contributed by atoms with E-state index in [4.69, 9.17) is 14.5 Å². The van der Waals surface area contributed by atoms with Crippen LogP contribution in [0, 0.1) is 45.4 Å². The van der Waals surface area contributed by atoms with Crippen LogP contribution in [0.1, 0.15) is 6.92 Å². The summed E-state index contributed by atoms with van der Waals surface area (Å²) in [7, 11) is 0. The minimum Gasteiger partial charge on any atom is -0.0312 e. The molecule has 1 fully saturated rings. The fourth-order valence-corrected chi connectivity index (χ4v) is 0.362. The summed E-state index contributed by atoms with van der Waals surface area (Å²) in [6, 6.07) is 0. The van der Waals surface area contributed by atoms with Crippen molar-refractivity contribution in [1.82, 2.24) is 0 Å². The van der Waals surface area contributed by atoms with Gasteiger partial charge in [0.25, 0.3) is 0 Å². The van der Waals surface area contributed by atoms with Crippen LogP contribution in [0.5, 0.6) is 0 Å². The molecule has 0 atom stereocenters. The van der Waals surface area contributed by atoms with Crippen molar-refractivity contribution < 1.29 is 35.6 Å². The molecule has 0 aliphatic heterocycles. The maximum absolute atomic E-state index is 7.85. The zero-order valence-corrected chi connectivity index (χ0v) is 11.7. The van der Waals surface area contributed by atoms with E-state index in [1.807, 2.05) is 32.1 Å². The standard InChI is InChI=1S/C5H5.C4H7NO.2CO.W/c1-2-4-5-3-1;1-3-4(2)5-6;2*1-2;/h1-5H;3,6H,1H2,2H3;;;/b;5-4-;;;. The van der Waals surface area contributed by atoms with Gasteiger partial charge in [-0.15, -0.1) is 0 Å². The molecule has 0 amide bonds. The summed E-state index contributed by atoms with van der Waals surface area (Å²) in [6.45, 7) is 14.0. The molecule has 0 spiro atoms. The first-order valence-electron chi connectivity index (χ1n) is 3.70. The van der Waals surface area contributed by atoms with Crippen LogP contribution < -0.4 is 0 Å². The van der Waals surface area contributed by atoms with Crippen LogP contribution >= 0.6 is 0 Å². The van der Waals surface area contributed by atoms with Crippen molar-refractivity contribution in [2.75, 3.05) is 0 Å². The average molecular weight is 390 g/mol. The molecule has 0 saturated heterocycles. The monoisotopic (exact) mass is 390 g/mol. The molecule has 85 valence electrons. The molecule has 0 heterocycles. The molecule has 0 aromatic rings. The molecule has 16 heavy (non-hydrogen) atoms. The minimum absolute atomic E-state index is 0. The largest absolute Gasteiger partial charge is 0.0312 e. The van der Waals surface area contributed by atoms with E-state index in [1.165, 1.54) is 6.08 Å². The molecule has 5 radical (unpaired) electrons. The summed E-state index contributed by atoms with van der Waals surface area (Å²) in [5.41, 5.74) is 0.537. The van der Waals surface area contributed by atoms with Crippen molar-refractivity contribution >= 4 is 5.71 Å². The molecular formula is C11H12NO3W. The second-order valence-corrected chi connectivity index (χ2v) is 1.91. The Kier molecular flexibility index (Phi) is 44.9. The number of oxime groups is 1. The maximum atomic E-state index is 7.85. The molecule has 1 rings (SSSR count). The fraction of sp³-hybridized carbons (Fsp3) is 0.0909. The molecule has 0 unspecified atom stereocenters. The zero-order chi connectivity index (χ0) is 12.5. The van der Waals surface area contributed by atoms with Gasteiger partial charge in [0.2, 0.25) is 0 Å². The SMILES string of the molecule is C=C/C(C)=N\O.[C-]#[O+].[C-]#[O+].[CH]1[CH][CH][CH][CH]1.[W]. The summed E-state index contributed by atoms with van der Waals surface area (Å²) in [6.07, 6.45) is 11.5. The Hall–Kier alpha value is -0.622. The van der Waals surface area contributed by atoms with Crippen molar-refractivity contribution in [2.24, 2.45) is 5.16 Å². The summed E-state index contributed by atoms with van der Waals surface area (Å²) >= 11 is 0. The van der Waals surface area contributed by atoms with Gasteiger partial charge in [-0.2, -0.15) is 0 Å². The molecule has 1 aliphatic carbocycles. The van der Waals surface area contributed by atoms with E-state index in [0.717, 1.165) is 0 Å². The molecule has 5 heteroatoms. The third-order valence-electron chi connectivity index (χ3n) is 1.01. The van der Waals surface area contributed by atoms with Gasteiger partial charge in [-0.3, -0.25) is 0 Å². The third kappa shape index (κ3) is 29.2. The molecule has 0 bridgehead atoms. The van der Waals surface area contributed by atoms with E-state index < -0.39 is 0 Å². The first-order chi connectivity index (χ1) is 7.31. The van der Waals surface area contributed by atoms with E-state index in [0.29, 0.717) is 5.71 Å². The van der Waals surface area contributed by atoms with Gasteiger partial charge >= 0.3 is 22.6 Å². The van der Waals surface area contributed by atoms with Crippen molar-refractivity contribution in [1.29, 1.82) is 0 Å². The van der Waals surface area contributed by atoms with Crippen LogP contribution in [0.2, 0.25) is 0 Å². The van der Waals surface area contributed by atoms with Gasteiger partial charge in [0.15, 0.2) is 0 Å². The van der Waals surface area contributed by atoms with Gasteiger partial charge in [0.05, 0.1) is 5.71 Å².